The molecule has 0 heteroatoms. The normalized spacial score (nSPS) is 12.5. The Bertz CT molecular complexity index is 370. The zero-order chi connectivity index (χ0) is 21.8. The summed E-state index contributed by atoms with van der Waals surface area (Å²) in [5.74, 6) is 0. The summed E-state index contributed by atoms with van der Waals surface area (Å²) in [7, 11) is 0. The van der Waals surface area contributed by atoms with Crippen LogP contribution in [0.5, 0.6) is 0 Å². The van der Waals surface area contributed by atoms with Crippen LogP contribution in [0.2, 0.25) is 0 Å². The van der Waals surface area contributed by atoms with Crippen molar-refractivity contribution in [2.24, 2.45) is 0 Å². The monoisotopic (exact) mass is 414 g/mol. The molecule has 0 saturated carbocycles. The number of hydrogen-bond donors (Lipinski definition) is 0. The molecule has 0 nitrogen and oxygen atoms in total. The molecule has 0 N–H and O–H groups in total. The maximum absolute atomic E-state index is 2.39. The predicted molar refractivity (Wildman–Crippen MR) is 140 cm³/mol. The third kappa shape index (κ3) is 27.0. The van der Waals surface area contributed by atoms with Crippen molar-refractivity contribution >= 4 is 0 Å². The minimum absolute atomic E-state index is 1.19. The number of rotatable bonds is 23. The fraction of sp³-hybridized carbons (Fsp3) is 0.733. The van der Waals surface area contributed by atoms with Crippen LogP contribution in [0.15, 0.2) is 48.6 Å². The molecule has 0 aromatic heterocycles. The third-order valence-electron chi connectivity index (χ3n) is 5.62. The Morgan fingerprint density at radius 3 is 0.800 bits per heavy atom. The molecule has 0 rings (SSSR count). The Kier molecular flexibility index (Phi) is 27.0. The lowest BCUT2D eigenvalue weighted by atomic mass is 10.1. The Morgan fingerprint density at radius 2 is 0.500 bits per heavy atom. The minimum Gasteiger partial charge on any atom is -0.0885 e. The Hall–Kier alpha value is -1.04. The molecule has 0 aliphatic rings. The summed E-state index contributed by atoms with van der Waals surface area (Å²) in [4.78, 5) is 0. The zero-order valence-electron chi connectivity index (χ0n) is 20.8. The molecule has 0 aromatic rings. The molecule has 0 aliphatic carbocycles. The van der Waals surface area contributed by atoms with E-state index in [9.17, 15) is 0 Å². The Balaban J connectivity index is 3.29. The van der Waals surface area contributed by atoms with E-state index in [1.54, 1.807) is 0 Å². The second kappa shape index (κ2) is 28.0. The maximum Gasteiger partial charge on any atom is -0.0316 e. The quantitative estimate of drug-likeness (QED) is 0.115. The van der Waals surface area contributed by atoms with Crippen LogP contribution in [0.1, 0.15) is 142 Å². The van der Waals surface area contributed by atoms with Crippen LogP contribution in [0.4, 0.5) is 0 Å². The first-order valence-electron chi connectivity index (χ1n) is 13.5. The molecule has 0 unspecified atom stereocenters. The predicted octanol–water partition coefficient (Wildman–Crippen LogP) is 11.1. The zero-order valence-corrected chi connectivity index (χ0v) is 20.8. The molecule has 0 spiro atoms. The van der Waals surface area contributed by atoms with Gasteiger partial charge in [0.05, 0.1) is 0 Å². The summed E-state index contributed by atoms with van der Waals surface area (Å²) in [6, 6.07) is 0. The molecule has 0 bridgehead atoms. The van der Waals surface area contributed by atoms with Gasteiger partial charge >= 0.3 is 0 Å². The molecule has 0 radical (unpaired) electrons. The standard InChI is InChI=1S/C30H54/c1-3-5-7-9-11-13-15-17-19-21-23-25-27-29-30-28-26-24-22-20-18-16-14-12-10-8-6-4-2/h17-20,25-28H,3-16,21-24,29-30H2,1-2H3/b19-17-,20-18-,27-25-,28-26-. The molecular weight excluding hydrogens is 360 g/mol. The first kappa shape index (κ1) is 29.0. The van der Waals surface area contributed by atoms with E-state index in [0.717, 1.165) is 0 Å². The van der Waals surface area contributed by atoms with Crippen molar-refractivity contribution in [3.05, 3.63) is 48.6 Å². The highest BCUT2D eigenvalue weighted by atomic mass is 14.0. The van der Waals surface area contributed by atoms with E-state index < -0.39 is 0 Å². The van der Waals surface area contributed by atoms with Gasteiger partial charge in [0.15, 0.2) is 0 Å². The van der Waals surface area contributed by atoms with Crippen LogP contribution < -0.4 is 0 Å². The lowest BCUT2D eigenvalue weighted by molar-refractivity contribution is 0.611. The third-order valence-corrected chi connectivity index (χ3v) is 5.62. The van der Waals surface area contributed by atoms with Crippen molar-refractivity contribution in [1.29, 1.82) is 0 Å². The average Bonchev–Trinajstić information content (AvgIpc) is 2.76. The van der Waals surface area contributed by atoms with E-state index in [1.165, 1.54) is 128 Å². The largest absolute Gasteiger partial charge is 0.0885 e. The van der Waals surface area contributed by atoms with Crippen molar-refractivity contribution < 1.29 is 0 Å². The van der Waals surface area contributed by atoms with Gasteiger partial charge in [-0.1, -0.05) is 127 Å². The summed E-state index contributed by atoms with van der Waals surface area (Å²) < 4.78 is 0. The molecule has 0 heterocycles. The summed E-state index contributed by atoms with van der Waals surface area (Å²) in [6.45, 7) is 4.57. The van der Waals surface area contributed by atoms with Gasteiger partial charge in [-0.15, -0.1) is 0 Å². The topological polar surface area (TPSA) is 0 Å². The summed E-state index contributed by atoms with van der Waals surface area (Å²) in [5, 5.41) is 0. The van der Waals surface area contributed by atoms with E-state index >= 15 is 0 Å². The summed E-state index contributed by atoms with van der Waals surface area (Å²) in [5.41, 5.74) is 0. The highest BCUT2D eigenvalue weighted by Crippen LogP contribution is 2.09. The van der Waals surface area contributed by atoms with Crippen molar-refractivity contribution in [3.63, 3.8) is 0 Å². The fourth-order valence-corrected chi connectivity index (χ4v) is 3.61. The molecule has 0 amide bonds. The molecule has 0 saturated heterocycles. The number of hydrogen-bond acceptors (Lipinski definition) is 0. The minimum atomic E-state index is 1.19. The summed E-state index contributed by atoms with van der Waals surface area (Å²) >= 11 is 0. The van der Waals surface area contributed by atoms with Gasteiger partial charge in [0.1, 0.15) is 0 Å². The SMILES string of the molecule is CCCCCCCC/C=C\CC/C=C\CC/C=C\CC/C=C\CCCCCCCC. The molecule has 174 valence electrons. The first-order valence-corrected chi connectivity index (χ1v) is 13.5. The van der Waals surface area contributed by atoms with E-state index in [0.29, 0.717) is 0 Å². The van der Waals surface area contributed by atoms with Gasteiger partial charge < -0.3 is 0 Å². The van der Waals surface area contributed by atoms with Crippen LogP contribution in [0.3, 0.4) is 0 Å². The van der Waals surface area contributed by atoms with Crippen LogP contribution in [0, 0.1) is 0 Å². The van der Waals surface area contributed by atoms with Gasteiger partial charge in [-0.25, -0.2) is 0 Å². The van der Waals surface area contributed by atoms with E-state index in [-0.39, 0.29) is 0 Å². The van der Waals surface area contributed by atoms with Crippen molar-refractivity contribution in [2.75, 3.05) is 0 Å². The van der Waals surface area contributed by atoms with Gasteiger partial charge in [-0.3, -0.25) is 0 Å². The number of allylic oxidation sites excluding steroid dienone is 8. The highest BCUT2D eigenvalue weighted by molar-refractivity contribution is 4.92. The second-order valence-corrected chi connectivity index (χ2v) is 8.73. The smallest absolute Gasteiger partial charge is 0.0316 e. The Labute approximate surface area is 191 Å². The number of unbranched alkanes of at least 4 members (excludes halogenated alkanes) is 15. The maximum atomic E-state index is 2.39. The first-order chi connectivity index (χ1) is 14.9. The molecule has 0 atom stereocenters. The van der Waals surface area contributed by atoms with Gasteiger partial charge in [-0.2, -0.15) is 0 Å². The van der Waals surface area contributed by atoms with Crippen LogP contribution in [0.25, 0.3) is 0 Å². The van der Waals surface area contributed by atoms with Crippen LogP contribution >= 0.6 is 0 Å². The van der Waals surface area contributed by atoms with Gasteiger partial charge in [0, 0.05) is 0 Å². The van der Waals surface area contributed by atoms with Gasteiger partial charge in [-0.05, 0) is 64.2 Å². The van der Waals surface area contributed by atoms with E-state index in [4.69, 9.17) is 0 Å². The highest BCUT2D eigenvalue weighted by Gasteiger charge is 1.89. The van der Waals surface area contributed by atoms with Crippen LogP contribution in [-0.4, -0.2) is 0 Å². The summed E-state index contributed by atoms with van der Waals surface area (Å²) in [6.07, 6.45) is 45.4. The van der Waals surface area contributed by atoms with Gasteiger partial charge in [0.25, 0.3) is 0 Å². The van der Waals surface area contributed by atoms with Crippen LogP contribution in [-0.2, 0) is 0 Å². The van der Waals surface area contributed by atoms with Crippen molar-refractivity contribution in [1.82, 2.24) is 0 Å². The Morgan fingerprint density at radius 1 is 0.267 bits per heavy atom. The fourth-order valence-electron chi connectivity index (χ4n) is 3.61. The van der Waals surface area contributed by atoms with E-state index in [2.05, 4.69) is 62.5 Å². The second-order valence-electron chi connectivity index (χ2n) is 8.73. The molecule has 0 aromatic carbocycles. The lowest BCUT2D eigenvalue weighted by Gasteiger charge is -1.97. The van der Waals surface area contributed by atoms with E-state index in [1.807, 2.05) is 0 Å². The van der Waals surface area contributed by atoms with Crippen molar-refractivity contribution in [3.8, 4) is 0 Å². The molecular formula is C30H54. The average molecular weight is 415 g/mol. The van der Waals surface area contributed by atoms with Gasteiger partial charge in [0.2, 0.25) is 0 Å². The lowest BCUT2D eigenvalue weighted by Crippen LogP contribution is -1.77. The molecule has 0 fully saturated rings. The van der Waals surface area contributed by atoms with Crippen molar-refractivity contribution in [2.45, 2.75) is 142 Å². The molecule has 0 aliphatic heterocycles. The molecule has 30 heavy (non-hydrogen) atoms.